The molecule has 0 radical (unpaired) electrons. The average molecular weight is 388 g/mol. The van der Waals surface area contributed by atoms with Crippen LogP contribution in [0.4, 0.5) is 10.5 Å². The third-order valence-corrected chi connectivity index (χ3v) is 4.89. The normalized spacial score (nSPS) is 10.3. The van der Waals surface area contributed by atoms with Crippen LogP contribution in [0.2, 0.25) is 5.02 Å². The van der Waals surface area contributed by atoms with Crippen molar-refractivity contribution >= 4 is 40.7 Å². The molecular weight excluding hydrogens is 374 g/mol. The van der Waals surface area contributed by atoms with Crippen LogP contribution in [-0.2, 0) is 11.3 Å². The number of benzene rings is 2. The van der Waals surface area contributed by atoms with Gasteiger partial charge in [-0.05, 0) is 29.3 Å². The van der Waals surface area contributed by atoms with Crippen LogP contribution < -0.4 is 5.32 Å². The highest BCUT2D eigenvalue weighted by atomic mass is 35.5. The number of carbonyl (C=O) groups is 2. The Morgan fingerprint density at radius 3 is 2.54 bits per heavy atom. The summed E-state index contributed by atoms with van der Waals surface area (Å²) >= 11 is 7.04. The van der Waals surface area contributed by atoms with E-state index in [0.29, 0.717) is 9.90 Å². The Balaban J connectivity index is 1.76. The Bertz CT molecular complexity index is 940. The largest absolute Gasteiger partial charge is 0.477 e. The summed E-state index contributed by atoms with van der Waals surface area (Å²) in [5.74, 6) is -1.12. The second kappa shape index (κ2) is 8.03. The topological polar surface area (TPSA) is 75.6 Å². The minimum atomic E-state index is -1.12. The predicted molar refractivity (Wildman–Crippen MR) is 102 cm³/mol. The second-order valence-corrected chi connectivity index (χ2v) is 6.84. The predicted octanol–water partition coefficient (Wildman–Crippen LogP) is 5.52. The van der Waals surface area contributed by atoms with Crippen LogP contribution in [0.5, 0.6) is 0 Å². The van der Waals surface area contributed by atoms with Crippen molar-refractivity contribution in [3.8, 4) is 10.4 Å². The lowest BCUT2D eigenvalue weighted by Crippen LogP contribution is -2.14. The zero-order chi connectivity index (χ0) is 18.5. The molecule has 2 aromatic carbocycles. The third-order valence-electron chi connectivity index (χ3n) is 3.48. The molecule has 26 heavy (non-hydrogen) atoms. The number of hydrogen-bond donors (Lipinski definition) is 2. The van der Waals surface area contributed by atoms with Crippen LogP contribution in [0.1, 0.15) is 15.2 Å². The van der Waals surface area contributed by atoms with E-state index in [4.69, 9.17) is 16.3 Å². The number of thiophene rings is 1. The number of hydrogen-bond acceptors (Lipinski definition) is 4. The molecule has 1 heterocycles. The van der Waals surface area contributed by atoms with Crippen LogP contribution in [-0.4, -0.2) is 17.2 Å². The molecule has 3 aromatic rings. The van der Waals surface area contributed by atoms with Gasteiger partial charge in [0.05, 0.1) is 5.69 Å². The summed E-state index contributed by atoms with van der Waals surface area (Å²) in [5, 5.41) is 12.4. The smallest absolute Gasteiger partial charge is 0.412 e. The molecule has 0 saturated carbocycles. The number of aromatic carboxylic acids is 1. The van der Waals surface area contributed by atoms with Crippen LogP contribution in [0.25, 0.3) is 10.4 Å². The van der Waals surface area contributed by atoms with E-state index in [0.717, 1.165) is 22.5 Å². The number of carboxylic acid groups (broad SMARTS) is 1. The van der Waals surface area contributed by atoms with E-state index in [1.807, 2.05) is 36.4 Å². The highest BCUT2D eigenvalue weighted by Crippen LogP contribution is 2.35. The van der Waals surface area contributed by atoms with E-state index in [2.05, 4.69) is 5.32 Å². The summed E-state index contributed by atoms with van der Waals surface area (Å²) < 4.78 is 5.14. The Morgan fingerprint density at radius 2 is 1.85 bits per heavy atom. The first-order valence-corrected chi connectivity index (χ1v) is 8.83. The van der Waals surface area contributed by atoms with Gasteiger partial charge < -0.3 is 9.84 Å². The molecule has 5 nitrogen and oxygen atoms in total. The van der Waals surface area contributed by atoms with Crippen molar-refractivity contribution in [1.29, 1.82) is 0 Å². The van der Waals surface area contributed by atoms with Gasteiger partial charge in [0.15, 0.2) is 0 Å². The molecule has 2 N–H and O–H groups in total. The second-order valence-electron chi connectivity index (χ2n) is 5.36. The first kappa shape index (κ1) is 18.0. The fraction of sp³-hybridized carbons (Fsp3) is 0.0526. The van der Waals surface area contributed by atoms with Crippen LogP contribution in [0.15, 0.2) is 60.7 Å². The van der Waals surface area contributed by atoms with Crippen molar-refractivity contribution in [2.45, 2.75) is 6.61 Å². The van der Waals surface area contributed by atoms with E-state index in [-0.39, 0.29) is 17.2 Å². The van der Waals surface area contributed by atoms with Gasteiger partial charge in [-0.1, -0.05) is 54.1 Å². The van der Waals surface area contributed by atoms with E-state index in [9.17, 15) is 14.7 Å². The Hall–Kier alpha value is -2.83. The molecule has 0 aliphatic carbocycles. The fourth-order valence-electron chi connectivity index (χ4n) is 2.30. The lowest BCUT2D eigenvalue weighted by Gasteiger charge is -2.06. The van der Waals surface area contributed by atoms with Gasteiger partial charge in [-0.2, -0.15) is 0 Å². The number of anilines is 1. The molecular formula is C19H14ClNO4S. The molecule has 7 heteroatoms. The van der Waals surface area contributed by atoms with E-state index in [1.54, 1.807) is 24.3 Å². The van der Waals surface area contributed by atoms with Gasteiger partial charge >= 0.3 is 12.1 Å². The maximum atomic E-state index is 12.0. The van der Waals surface area contributed by atoms with Gasteiger partial charge in [0, 0.05) is 9.90 Å². The first-order valence-electron chi connectivity index (χ1n) is 7.63. The summed E-state index contributed by atoms with van der Waals surface area (Å²) in [7, 11) is 0. The average Bonchev–Trinajstić information content (AvgIpc) is 3.05. The number of carboxylic acids is 1. The summed E-state index contributed by atoms with van der Waals surface area (Å²) in [6.45, 7) is 0.0976. The molecule has 0 fully saturated rings. The van der Waals surface area contributed by atoms with Crippen LogP contribution >= 0.6 is 22.9 Å². The molecule has 1 aromatic heterocycles. The van der Waals surface area contributed by atoms with Crippen molar-refractivity contribution in [2.24, 2.45) is 0 Å². The number of amides is 1. The van der Waals surface area contributed by atoms with Crippen LogP contribution in [0, 0.1) is 0 Å². The minimum Gasteiger partial charge on any atom is -0.477 e. The molecule has 0 bridgehead atoms. The number of nitrogens with one attached hydrogen (secondary N) is 1. The molecule has 0 spiro atoms. The van der Waals surface area contributed by atoms with E-state index in [1.165, 1.54) is 0 Å². The highest BCUT2D eigenvalue weighted by Gasteiger charge is 2.19. The molecule has 3 rings (SSSR count). The monoisotopic (exact) mass is 387 g/mol. The van der Waals surface area contributed by atoms with E-state index >= 15 is 0 Å². The van der Waals surface area contributed by atoms with Crippen molar-refractivity contribution in [1.82, 2.24) is 0 Å². The Labute approximate surface area is 158 Å². The molecule has 0 saturated heterocycles. The molecule has 1 amide bonds. The molecule has 0 atom stereocenters. The Morgan fingerprint density at radius 1 is 1.08 bits per heavy atom. The van der Waals surface area contributed by atoms with Gasteiger partial charge in [0.2, 0.25) is 0 Å². The van der Waals surface area contributed by atoms with E-state index < -0.39 is 12.1 Å². The number of rotatable bonds is 5. The fourth-order valence-corrected chi connectivity index (χ4v) is 3.43. The zero-order valence-electron chi connectivity index (χ0n) is 13.4. The van der Waals surface area contributed by atoms with Gasteiger partial charge in [0.1, 0.15) is 11.5 Å². The lowest BCUT2D eigenvalue weighted by molar-refractivity contribution is 0.0703. The SMILES string of the molecule is O=C(Nc1cc(-c2cccc(Cl)c2)sc1C(=O)O)OCc1ccccc1. The summed E-state index contributed by atoms with van der Waals surface area (Å²) in [5.41, 5.74) is 1.80. The first-order chi connectivity index (χ1) is 12.5. The molecule has 0 aliphatic rings. The van der Waals surface area contributed by atoms with Gasteiger partial charge in [0.25, 0.3) is 0 Å². The quantitative estimate of drug-likeness (QED) is 0.604. The number of ether oxygens (including phenoxy) is 1. The summed E-state index contributed by atoms with van der Waals surface area (Å²) in [4.78, 5) is 24.2. The van der Waals surface area contributed by atoms with Crippen molar-refractivity contribution in [3.05, 3.63) is 76.1 Å². The molecule has 0 aliphatic heterocycles. The maximum absolute atomic E-state index is 12.0. The van der Waals surface area contributed by atoms with Crippen LogP contribution in [0.3, 0.4) is 0 Å². The number of carbonyl (C=O) groups excluding carboxylic acids is 1. The van der Waals surface area contributed by atoms with Gasteiger partial charge in [-0.3, -0.25) is 5.32 Å². The third kappa shape index (κ3) is 4.41. The minimum absolute atomic E-state index is 0.0247. The van der Waals surface area contributed by atoms with Gasteiger partial charge in [-0.25, -0.2) is 9.59 Å². The lowest BCUT2D eigenvalue weighted by atomic mass is 10.2. The molecule has 0 unspecified atom stereocenters. The highest BCUT2D eigenvalue weighted by molar-refractivity contribution is 7.18. The maximum Gasteiger partial charge on any atom is 0.412 e. The zero-order valence-corrected chi connectivity index (χ0v) is 15.0. The van der Waals surface area contributed by atoms with Gasteiger partial charge in [-0.15, -0.1) is 11.3 Å². The van der Waals surface area contributed by atoms with Crippen molar-refractivity contribution in [3.63, 3.8) is 0 Å². The molecule has 132 valence electrons. The Kier molecular flexibility index (Phi) is 5.55. The summed E-state index contributed by atoms with van der Waals surface area (Å²) in [6.07, 6.45) is -0.716. The standard InChI is InChI=1S/C19H14ClNO4S/c20-14-8-4-7-13(9-14)16-10-15(17(26-16)18(22)23)21-19(24)25-11-12-5-2-1-3-6-12/h1-10H,11H2,(H,21,24)(H,22,23). The summed E-state index contributed by atoms with van der Waals surface area (Å²) in [6, 6.07) is 17.9. The number of halogens is 1. The van der Waals surface area contributed by atoms with Crippen molar-refractivity contribution < 1.29 is 19.4 Å². The van der Waals surface area contributed by atoms with Crippen molar-refractivity contribution in [2.75, 3.05) is 5.32 Å².